The van der Waals surface area contributed by atoms with E-state index in [-0.39, 0.29) is 0 Å². The Hall–Kier alpha value is -2.02. The van der Waals surface area contributed by atoms with Crippen molar-refractivity contribution in [2.45, 2.75) is 32.1 Å². The van der Waals surface area contributed by atoms with Crippen LogP contribution in [-0.4, -0.2) is 50.3 Å². The molecule has 0 radical (unpaired) electrons. The standard InChI is InChI=1S/C21H25N5S/c27-21-25(19-8-9-19)15-22-26(21)16-24-12-10-23(11-13-24)14-18-6-3-5-17-4-1-2-7-20(17)18/h1-7,15,19H,8-14,16H2. The lowest BCUT2D eigenvalue weighted by Gasteiger charge is -2.34. The molecule has 140 valence electrons. The van der Waals surface area contributed by atoms with Crippen molar-refractivity contribution in [3.63, 3.8) is 0 Å². The number of fused-ring (bicyclic) bond motifs is 1. The molecule has 1 saturated heterocycles. The van der Waals surface area contributed by atoms with Crippen LogP contribution in [0.15, 0.2) is 48.8 Å². The van der Waals surface area contributed by atoms with Crippen LogP contribution in [0.3, 0.4) is 0 Å². The normalized spacial score (nSPS) is 19.0. The highest BCUT2D eigenvalue weighted by Gasteiger charge is 2.25. The fraction of sp³-hybridized carbons (Fsp3) is 0.429. The van der Waals surface area contributed by atoms with Gasteiger partial charge in [-0.3, -0.25) is 9.80 Å². The third-order valence-corrected chi connectivity index (χ3v) is 6.19. The first kappa shape index (κ1) is 17.1. The minimum atomic E-state index is 0.601. The molecule has 0 atom stereocenters. The Kier molecular flexibility index (Phi) is 4.55. The molecule has 0 N–H and O–H groups in total. The van der Waals surface area contributed by atoms with E-state index in [0.29, 0.717) is 6.04 Å². The monoisotopic (exact) mass is 379 g/mol. The summed E-state index contributed by atoms with van der Waals surface area (Å²) in [5.41, 5.74) is 1.42. The third-order valence-electron chi connectivity index (χ3n) is 5.77. The van der Waals surface area contributed by atoms with Crippen molar-refractivity contribution in [2.24, 2.45) is 0 Å². The van der Waals surface area contributed by atoms with Crippen LogP contribution in [0, 0.1) is 4.77 Å². The molecule has 27 heavy (non-hydrogen) atoms. The van der Waals surface area contributed by atoms with Crippen molar-refractivity contribution in [3.8, 4) is 0 Å². The van der Waals surface area contributed by atoms with Crippen molar-refractivity contribution in [1.29, 1.82) is 0 Å². The average molecular weight is 380 g/mol. The number of rotatable bonds is 5. The van der Waals surface area contributed by atoms with Gasteiger partial charge in [0.15, 0.2) is 4.77 Å². The molecule has 1 aliphatic heterocycles. The molecule has 1 aliphatic carbocycles. The second-order valence-electron chi connectivity index (χ2n) is 7.73. The van der Waals surface area contributed by atoms with E-state index >= 15 is 0 Å². The smallest absolute Gasteiger partial charge is 0.199 e. The van der Waals surface area contributed by atoms with E-state index in [2.05, 4.69) is 61.9 Å². The van der Waals surface area contributed by atoms with Crippen LogP contribution in [0.25, 0.3) is 10.8 Å². The summed E-state index contributed by atoms with van der Waals surface area (Å²) >= 11 is 5.59. The molecule has 0 spiro atoms. The first-order chi connectivity index (χ1) is 13.3. The van der Waals surface area contributed by atoms with Crippen LogP contribution in [0.2, 0.25) is 0 Å². The van der Waals surface area contributed by atoms with Gasteiger partial charge in [0.05, 0.1) is 6.67 Å². The zero-order valence-corrected chi connectivity index (χ0v) is 16.3. The van der Waals surface area contributed by atoms with Gasteiger partial charge in [0, 0.05) is 38.8 Å². The van der Waals surface area contributed by atoms with Crippen LogP contribution in [0.1, 0.15) is 24.4 Å². The largest absolute Gasteiger partial charge is 0.303 e. The molecule has 5 rings (SSSR count). The van der Waals surface area contributed by atoms with E-state index in [1.807, 2.05) is 11.0 Å². The molecule has 0 amide bonds. The molecule has 2 heterocycles. The van der Waals surface area contributed by atoms with Gasteiger partial charge < -0.3 is 4.57 Å². The lowest BCUT2D eigenvalue weighted by molar-refractivity contribution is 0.0982. The second-order valence-corrected chi connectivity index (χ2v) is 8.09. The van der Waals surface area contributed by atoms with E-state index in [4.69, 9.17) is 12.2 Å². The molecule has 3 aromatic rings. The summed E-state index contributed by atoms with van der Waals surface area (Å²) in [7, 11) is 0. The SMILES string of the molecule is S=c1n(C2CC2)cnn1CN1CCN(Cc2cccc3ccccc23)CC1. The minimum absolute atomic E-state index is 0.601. The van der Waals surface area contributed by atoms with Crippen molar-refractivity contribution < 1.29 is 0 Å². The third kappa shape index (κ3) is 3.57. The Morgan fingerprint density at radius 2 is 1.67 bits per heavy atom. The van der Waals surface area contributed by atoms with Gasteiger partial charge in [0.2, 0.25) is 0 Å². The molecule has 0 unspecified atom stereocenters. The molecule has 5 nitrogen and oxygen atoms in total. The summed E-state index contributed by atoms with van der Waals surface area (Å²) in [5.74, 6) is 0. The maximum atomic E-state index is 5.59. The Labute approximate surface area is 164 Å². The Bertz CT molecular complexity index is 990. The number of hydrogen-bond donors (Lipinski definition) is 0. The highest BCUT2D eigenvalue weighted by Crippen LogP contribution is 2.34. The lowest BCUT2D eigenvalue weighted by Crippen LogP contribution is -2.46. The molecule has 6 heteroatoms. The molecular weight excluding hydrogens is 354 g/mol. The molecule has 2 aliphatic rings. The van der Waals surface area contributed by atoms with Crippen LogP contribution >= 0.6 is 12.2 Å². The van der Waals surface area contributed by atoms with Gasteiger partial charge >= 0.3 is 0 Å². The van der Waals surface area contributed by atoms with E-state index < -0.39 is 0 Å². The molecule has 2 fully saturated rings. The van der Waals surface area contributed by atoms with Gasteiger partial charge in [-0.15, -0.1) is 0 Å². The molecule has 2 aromatic carbocycles. The van der Waals surface area contributed by atoms with Crippen molar-refractivity contribution in [1.82, 2.24) is 24.1 Å². The Morgan fingerprint density at radius 3 is 2.48 bits per heavy atom. The van der Waals surface area contributed by atoms with Crippen LogP contribution in [0.4, 0.5) is 0 Å². The van der Waals surface area contributed by atoms with Crippen molar-refractivity contribution >= 4 is 23.0 Å². The van der Waals surface area contributed by atoms with Gasteiger partial charge in [-0.2, -0.15) is 5.10 Å². The summed E-state index contributed by atoms with van der Waals surface area (Å²) in [6.07, 6.45) is 4.40. The number of aromatic nitrogens is 3. The van der Waals surface area contributed by atoms with Crippen LogP contribution in [-0.2, 0) is 13.2 Å². The van der Waals surface area contributed by atoms with E-state index in [0.717, 1.165) is 44.2 Å². The fourth-order valence-electron chi connectivity index (χ4n) is 4.00. The summed E-state index contributed by atoms with van der Waals surface area (Å²) in [4.78, 5) is 5.01. The van der Waals surface area contributed by atoms with E-state index in [1.165, 1.54) is 29.2 Å². The Morgan fingerprint density at radius 1 is 0.926 bits per heavy atom. The average Bonchev–Trinajstić information content (AvgIpc) is 3.48. The highest BCUT2D eigenvalue weighted by molar-refractivity contribution is 7.71. The van der Waals surface area contributed by atoms with Gasteiger partial charge in [-0.1, -0.05) is 42.5 Å². The molecular formula is C21H25N5S. The first-order valence-electron chi connectivity index (χ1n) is 9.83. The molecule has 1 aromatic heterocycles. The minimum Gasteiger partial charge on any atom is -0.303 e. The number of benzene rings is 2. The zero-order valence-electron chi connectivity index (χ0n) is 15.5. The summed E-state index contributed by atoms with van der Waals surface area (Å²) in [6, 6.07) is 15.9. The molecule has 1 saturated carbocycles. The maximum Gasteiger partial charge on any atom is 0.199 e. The summed E-state index contributed by atoms with van der Waals surface area (Å²) in [5, 5.41) is 7.21. The van der Waals surface area contributed by atoms with Crippen LogP contribution in [0.5, 0.6) is 0 Å². The maximum absolute atomic E-state index is 5.59. The van der Waals surface area contributed by atoms with E-state index in [1.54, 1.807) is 0 Å². The van der Waals surface area contributed by atoms with Crippen LogP contribution < -0.4 is 0 Å². The van der Waals surface area contributed by atoms with Gasteiger partial charge in [-0.05, 0) is 41.4 Å². The molecule has 0 bridgehead atoms. The lowest BCUT2D eigenvalue weighted by atomic mass is 10.0. The van der Waals surface area contributed by atoms with Gasteiger partial charge in [0.1, 0.15) is 6.33 Å². The first-order valence-corrected chi connectivity index (χ1v) is 10.2. The topological polar surface area (TPSA) is 29.2 Å². The van der Waals surface area contributed by atoms with Crippen molar-refractivity contribution in [3.05, 3.63) is 59.1 Å². The summed E-state index contributed by atoms with van der Waals surface area (Å²) in [6.45, 7) is 6.11. The van der Waals surface area contributed by atoms with E-state index in [9.17, 15) is 0 Å². The summed E-state index contributed by atoms with van der Waals surface area (Å²) < 4.78 is 5.01. The Balaban J connectivity index is 1.21. The zero-order chi connectivity index (χ0) is 18.2. The van der Waals surface area contributed by atoms with Gasteiger partial charge in [-0.25, -0.2) is 4.68 Å². The number of piperazine rings is 1. The second kappa shape index (κ2) is 7.19. The predicted octanol–water partition coefficient (Wildman–Crippen LogP) is 3.68. The fourth-order valence-corrected chi connectivity index (χ4v) is 4.30. The highest BCUT2D eigenvalue weighted by atomic mass is 32.1. The van der Waals surface area contributed by atoms with Gasteiger partial charge in [0.25, 0.3) is 0 Å². The number of nitrogens with zero attached hydrogens (tertiary/aromatic N) is 5. The quantitative estimate of drug-likeness (QED) is 0.633. The predicted molar refractivity (Wildman–Crippen MR) is 110 cm³/mol. The number of hydrogen-bond acceptors (Lipinski definition) is 4. The van der Waals surface area contributed by atoms with Crippen molar-refractivity contribution in [2.75, 3.05) is 26.2 Å².